The van der Waals surface area contributed by atoms with Crippen molar-refractivity contribution < 1.29 is 9.53 Å². The molecular formula is C17H15ClN4O2S. The summed E-state index contributed by atoms with van der Waals surface area (Å²) < 4.78 is 6.82. The first-order valence-electron chi connectivity index (χ1n) is 7.96. The molecule has 1 fully saturated rings. The number of benzene rings is 1. The molecule has 1 saturated heterocycles. The molecule has 6 nitrogen and oxygen atoms in total. The summed E-state index contributed by atoms with van der Waals surface area (Å²) in [7, 11) is 0. The molecule has 0 spiro atoms. The van der Waals surface area contributed by atoms with Crippen LogP contribution < -0.4 is 4.74 Å². The van der Waals surface area contributed by atoms with Gasteiger partial charge in [0, 0.05) is 12.1 Å². The number of nitrogens with zero attached hydrogens (tertiary/aromatic N) is 4. The summed E-state index contributed by atoms with van der Waals surface area (Å²) in [5.74, 6) is 0.0145. The number of likely N-dealkylation sites (tertiary alicyclic amines) is 1. The van der Waals surface area contributed by atoms with Gasteiger partial charge in [-0.3, -0.25) is 4.79 Å². The van der Waals surface area contributed by atoms with E-state index < -0.39 is 0 Å². The quantitative estimate of drug-likeness (QED) is 0.702. The van der Waals surface area contributed by atoms with Gasteiger partial charge in [0.2, 0.25) is 0 Å². The van der Waals surface area contributed by atoms with Gasteiger partial charge < -0.3 is 9.64 Å². The number of carbonyl (C=O) groups is 1. The van der Waals surface area contributed by atoms with Crippen molar-refractivity contribution >= 4 is 39.1 Å². The summed E-state index contributed by atoms with van der Waals surface area (Å²) in [5.41, 5.74) is 3.39. The maximum absolute atomic E-state index is 12.8. The van der Waals surface area contributed by atoms with Gasteiger partial charge in [0.15, 0.2) is 0 Å². The first-order valence-corrected chi connectivity index (χ1v) is 9.21. The van der Waals surface area contributed by atoms with Gasteiger partial charge in [0.25, 0.3) is 5.91 Å². The summed E-state index contributed by atoms with van der Waals surface area (Å²) in [6.07, 6.45) is 4.63. The van der Waals surface area contributed by atoms with Crippen LogP contribution in [0.25, 0.3) is 10.2 Å². The maximum Gasteiger partial charge on any atom is 0.316 e. The lowest BCUT2D eigenvalue weighted by Crippen LogP contribution is -2.44. The van der Waals surface area contributed by atoms with Crippen molar-refractivity contribution in [2.75, 3.05) is 13.1 Å². The molecule has 1 atom stereocenters. The van der Waals surface area contributed by atoms with Gasteiger partial charge in [-0.1, -0.05) is 11.6 Å². The van der Waals surface area contributed by atoms with Gasteiger partial charge in [-0.05, 0) is 31.0 Å². The van der Waals surface area contributed by atoms with Gasteiger partial charge in [0.05, 0.1) is 39.7 Å². The Kier molecular flexibility index (Phi) is 4.50. The average Bonchev–Trinajstić information content (AvgIpc) is 3.11. The Morgan fingerprint density at radius 1 is 1.28 bits per heavy atom. The van der Waals surface area contributed by atoms with Crippen LogP contribution in [0.5, 0.6) is 6.01 Å². The number of amides is 1. The molecule has 128 valence electrons. The molecule has 1 aliphatic rings. The van der Waals surface area contributed by atoms with Crippen molar-refractivity contribution in [1.29, 1.82) is 0 Å². The fourth-order valence-corrected chi connectivity index (χ4v) is 3.71. The summed E-state index contributed by atoms with van der Waals surface area (Å²) in [4.78, 5) is 27.0. The highest BCUT2D eigenvalue weighted by Gasteiger charge is 2.26. The van der Waals surface area contributed by atoms with Crippen molar-refractivity contribution in [1.82, 2.24) is 19.9 Å². The second kappa shape index (κ2) is 6.93. The van der Waals surface area contributed by atoms with Crippen molar-refractivity contribution in [2.45, 2.75) is 18.9 Å². The van der Waals surface area contributed by atoms with E-state index in [1.807, 2.05) is 23.1 Å². The van der Waals surface area contributed by atoms with Gasteiger partial charge in [0.1, 0.15) is 6.10 Å². The lowest BCUT2D eigenvalue weighted by atomic mass is 10.1. The zero-order chi connectivity index (χ0) is 17.2. The highest BCUT2D eigenvalue weighted by atomic mass is 35.5. The SMILES string of the molecule is O=C(c1ccc2ncsc2c1)N1CCCC(Oc2ncc(Cl)cn2)C1. The van der Waals surface area contributed by atoms with Crippen LogP contribution in [0, 0.1) is 0 Å². The second-order valence-corrected chi connectivity index (χ2v) is 7.17. The molecule has 3 aromatic rings. The third-order valence-corrected chi connectivity index (χ3v) is 5.10. The Labute approximate surface area is 153 Å². The molecule has 8 heteroatoms. The molecule has 2 aromatic heterocycles. The van der Waals surface area contributed by atoms with Crippen LogP contribution in [0.1, 0.15) is 23.2 Å². The number of aromatic nitrogens is 3. The third kappa shape index (κ3) is 3.57. The molecule has 3 heterocycles. The monoisotopic (exact) mass is 374 g/mol. The number of halogens is 1. The minimum atomic E-state index is -0.119. The minimum absolute atomic E-state index is 0.0145. The Hall–Kier alpha value is -2.25. The van der Waals surface area contributed by atoms with Crippen molar-refractivity contribution in [2.24, 2.45) is 0 Å². The molecule has 0 bridgehead atoms. The van der Waals surface area contributed by atoms with Crippen molar-refractivity contribution in [3.05, 3.63) is 46.7 Å². The van der Waals surface area contributed by atoms with E-state index in [2.05, 4.69) is 15.0 Å². The van der Waals surface area contributed by atoms with Crippen LogP contribution in [0.4, 0.5) is 0 Å². The molecule has 0 saturated carbocycles. The van der Waals surface area contributed by atoms with Crippen LogP contribution in [0.15, 0.2) is 36.1 Å². The van der Waals surface area contributed by atoms with Crippen LogP contribution in [0.2, 0.25) is 5.02 Å². The lowest BCUT2D eigenvalue weighted by molar-refractivity contribution is 0.0516. The van der Waals surface area contributed by atoms with E-state index in [1.54, 1.807) is 5.51 Å². The predicted octanol–water partition coefficient (Wildman–Crippen LogP) is 3.42. The zero-order valence-electron chi connectivity index (χ0n) is 13.3. The summed E-state index contributed by atoms with van der Waals surface area (Å²) in [6, 6.07) is 5.91. The molecule has 0 radical (unpaired) electrons. The Bertz CT molecular complexity index is 899. The highest BCUT2D eigenvalue weighted by molar-refractivity contribution is 7.16. The molecule has 4 rings (SSSR count). The van der Waals surface area contributed by atoms with Crippen LogP contribution in [-0.2, 0) is 0 Å². The molecule has 1 unspecified atom stereocenters. The first-order chi connectivity index (χ1) is 12.2. The van der Waals surface area contributed by atoms with Gasteiger partial charge in [-0.25, -0.2) is 15.0 Å². The van der Waals surface area contributed by atoms with Crippen molar-refractivity contribution in [3.8, 4) is 6.01 Å². The zero-order valence-corrected chi connectivity index (χ0v) is 14.8. The van der Waals surface area contributed by atoms with E-state index >= 15 is 0 Å². The van der Waals surface area contributed by atoms with E-state index in [0.29, 0.717) is 17.1 Å². The van der Waals surface area contributed by atoms with Gasteiger partial charge in [-0.15, -0.1) is 11.3 Å². The number of fused-ring (bicyclic) bond motifs is 1. The van der Waals surface area contributed by atoms with Gasteiger partial charge in [-0.2, -0.15) is 0 Å². The van der Waals surface area contributed by atoms with Crippen LogP contribution >= 0.6 is 22.9 Å². The Morgan fingerprint density at radius 3 is 2.96 bits per heavy atom. The van der Waals surface area contributed by atoms with Crippen molar-refractivity contribution in [3.63, 3.8) is 0 Å². The molecule has 25 heavy (non-hydrogen) atoms. The smallest absolute Gasteiger partial charge is 0.316 e. The number of hydrogen-bond donors (Lipinski definition) is 0. The molecule has 1 aliphatic heterocycles. The van der Waals surface area contributed by atoms with E-state index in [1.165, 1.54) is 23.7 Å². The van der Waals surface area contributed by atoms with E-state index in [-0.39, 0.29) is 18.0 Å². The molecule has 1 amide bonds. The number of ether oxygens (including phenoxy) is 1. The lowest BCUT2D eigenvalue weighted by Gasteiger charge is -2.32. The average molecular weight is 375 g/mol. The Balaban J connectivity index is 1.46. The fourth-order valence-electron chi connectivity index (χ4n) is 2.90. The summed E-state index contributed by atoms with van der Waals surface area (Å²) in [5, 5.41) is 0.464. The summed E-state index contributed by atoms with van der Waals surface area (Å²) >= 11 is 7.32. The van der Waals surface area contributed by atoms with Crippen LogP contribution in [-0.4, -0.2) is 45.0 Å². The number of piperidine rings is 1. The Morgan fingerprint density at radius 2 is 2.12 bits per heavy atom. The molecule has 0 N–H and O–H groups in total. The normalized spacial score (nSPS) is 17.6. The standard InChI is InChI=1S/C17H15ClN4O2S/c18-12-7-19-17(20-8-12)24-13-2-1-5-22(9-13)16(23)11-3-4-14-15(6-11)25-10-21-14/h3-4,6-8,10,13H,1-2,5,9H2. The van der Waals surface area contributed by atoms with E-state index in [4.69, 9.17) is 16.3 Å². The predicted molar refractivity (Wildman–Crippen MR) is 96.2 cm³/mol. The molecule has 1 aromatic carbocycles. The van der Waals surface area contributed by atoms with E-state index in [9.17, 15) is 4.79 Å². The second-order valence-electron chi connectivity index (χ2n) is 5.85. The van der Waals surface area contributed by atoms with Crippen LogP contribution in [0.3, 0.4) is 0 Å². The first kappa shape index (κ1) is 16.2. The number of rotatable bonds is 3. The molecular weight excluding hydrogens is 360 g/mol. The summed E-state index contributed by atoms with van der Waals surface area (Å²) in [6.45, 7) is 1.24. The third-order valence-electron chi connectivity index (χ3n) is 4.11. The number of hydrogen-bond acceptors (Lipinski definition) is 6. The molecule has 0 aliphatic carbocycles. The maximum atomic E-state index is 12.8. The van der Waals surface area contributed by atoms with Gasteiger partial charge >= 0.3 is 6.01 Å². The number of carbonyl (C=O) groups excluding carboxylic acids is 1. The topological polar surface area (TPSA) is 68.2 Å². The number of thiazole rings is 1. The fraction of sp³-hybridized carbons (Fsp3) is 0.294. The highest BCUT2D eigenvalue weighted by Crippen LogP contribution is 2.22. The minimum Gasteiger partial charge on any atom is -0.458 e. The van der Waals surface area contributed by atoms with E-state index in [0.717, 1.165) is 29.6 Å². The largest absolute Gasteiger partial charge is 0.458 e.